The highest BCUT2D eigenvalue weighted by molar-refractivity contribution is 7.09. The SMILES string of the molecule is CC(=O)c1ccc(N2CCN(C(=O)NCc3csc(C(C)(C)C)n3)CC2)c(F)c1. The van der Waals surface area contributed by atoms with Gasteiger partial charge in [-0.05, 0) is 25.1 Å². The standard InChI is InChI=1S/C21H27FN4O2S/c1-14(27)15-5-6-18(17(22)11-15)25-7-9-26(10-8-25)20(28)23-12-16-13-29-19(24-16)21(2,3)4/h5-6,11,13H,7-10,12H2,1-4H3,(H,23,28). The summed E-state index contributed by atoms with van der Waals surface area (Å²) in [6.07, 6.45) is 0. The molecule has 1 aliphatic heterocycles. The zero-order valence-corrected chi connectivity index (χ0v) is 18.1. The Morgan fingerprint density at radius 3 is 2.45 bits per heavy atom. The predicted molar refractivity (Wildman–Crippen MR) is 113 cm³/mol. The van der Waals surface area contributed by atoms with Crippen molar-refractivity contribution >= 4 is 28.8 Å². The van der Waals surface area contributed by atoms with Gasteiger partial charge in [0.25, 0.3) is 0 Å². The Balaban J connectivity index is 1.52. The summed E-state index contributed by atoms with van der Waals surface area (Å²) in [5.41, 5.74) is 1.69. The fourth-order valence-corrected chi connectivity index (χ4v) is 4.05. The third-order valence-electron chi connectivity index (χ3n) is 4.88. The number of amides is 2. The molecule has 2 heterocycles. The minimum atomic E-state index is -0.409. The van der Waals surface area contributed by atoms with Crippen molar-refractivity contribution in [2.75, 3.05) is 31.1 Å². The summed E-state index contributed by atoms with van der Waals surface area (Å²) in [5.74, 6) is -0.569. The maximum atomic E-state index is 14.4. The normalized spacial score (nSPS) is 14.8. The summed E-state index contributed by atoms with van der Waals surface area (Å²) in [4.78, 5) is 32.1. The molecule has 29 heavy (non-hydrogen) atoms. The predicted octanol–water partition coefficient (Wildman–Crippen LogP) is 3.81. The van der Waals surface area contributed by atoms with Gasteiger partial charge in [0.05, 0.1) is 22.9 Å². The first-order valence-corrected chi connectivity index (χ1v) is 10.6. The van der Waals surface area contributed by atoms with Crippen LogP contribution in [0, 0.1) is 5.82 Å². The molecule has 0 atom stereocenters. The van der Waals surface area contributed by atoms with Gasteiger partial charge in [-0.1, -0.05) is 20.8 Å². The molecule has 2 amide bonds. The van der Waals surface area contributed by atoms with E-state index in [2.05, 4.69) is 31.1 Å². The molecule has 0 saturated carbocycles. The van der Waals surface area contributed by atoms with Gasteiger partial charge in [0.15, 0.2) is 5.78 Å². The molecular formula is C21H27FN4O2S. The van der Waals surface area contributed by atoms with Crippen LogP contribution in [0.25, 0.3) is 0 Å². The van der Waals surface area contributed by atoms with Gasteiger partial charge in [0.2, 0.25) is 0 Å². The summed E-state index contributed by atoms with van der Waals surface area (Å²) < 4.78 is 14.4. The minimum absolute atomic E-state index is 0.00114. The van der Waals surface area contributed by atoms with Crippen LogP contribution >= 0.6 is 11.3 Å². The lowest BCUT2D eigenvalue weighted by atomic mass is 9.98. The van der Waals surface area contributed by atoms with Gasteiger partial charge in [-0.3, -0.25) is 4.79 Å². The number of thiazole rings is 1. The molecule has 1 N–H and O–H groups in total. The third-order valence-corrected chi connectivity index (χ3v) is 6.19. The van der Waals surface area contributed by atoms with Crippen molar-refractivity contribution in [3.8, 4) is 0 Å². The highest BCUT2D eigenvalue weighted by Crippen LogP contribution is 2.25. The molecule has 1 aliphatic rings. The molecule has 2 aromatic rings. The number of hydrogen-bond donors (Lipinski definition) is 1. The second-order valence-electron chi connectivity index (χ2n) is 8.25. The van der Waals surface area contributed by atoms with E-state index in [0.717, 1.165) is 10.7 Å². The van der Waals surface area contributed by atoms with Crippen molar-refractivity contribution in [2.24, 2.45) is 0 Å². The number of hydrogen-bond acceptors (Lipinski definition) is 5. The average Bonchev–Trinajstić information content (AvgIpc) is 3.16. The average molecular weight is 419 g/mol. The molecular weight excluding hydrogens is 391 g/mol. The lowest BCUT2D eigenvalue weighted by Crippen LogP contribution is -2.51. The summed E-state index contributed by atoms with van der Waals surface area (Å²) in [6.45, 7) is 10.2. The first kappa shape index (κ1) is 21.2. The third kappa shape index (κ3) is 5.12. The molecule has 1 aromatic heterocycles. The summed E-state index contributed by atoms with van der Waals surface area (Å²) in [6, 6.07) is 4.41. The van der Waals surface area contributed by atoms with Crippen molar-refractivity contribution in [1.29, 1.82) is 0 Å². The van der Waals surface area contributed by atoms with Crippen molar-refractivity contribution in [3.63, 3.8) is 0 Å². The number of carbonyl (C=O) groups excluding carboxylic acids is 2. The lowest BCUT2D eigenvalue weighted by Gasteiger charge is -2.36. The van der Waals surface area contributed by atoms with E-state index < -0.39 is 5.82 Å². The minimum Gasteiger partial charge on any atom is -0.366 e. The second kappa shape index (κ2) is 8.49. The topological polar surface area (TPSA) is 65.5 Å². The first-order chi connectivity index (χ1) is 13.6. The summed E-state index contributed by atoms with van der Waals surface area (Å²) >= 11 is 1.61. The van der Waals surface area contributed by atoms with Gasteiger partial charge < -0.3 is 15.1 Å². The van der Waals surface area contributed by atoms with Gasteiger partial charge in [-0.15, -0.1) is 11.3 Å². The Kier molecular flexibility index (Phi) is 6.21. The van der Waals surface area contributed by atoms with Gasteiger partial charge >= 0.3 is 6.03 Å². The molecule has 6 nitrogen and oxygen atoms in total. The van der Waals surface area contributed by atoms with E-state index in [1.807, 2.05) is 10.3 Å². The Hall–Kier alpha value is -2.48. The molecule has 3 rings (SSSR count). The highest BCUT2D eigenvalue weighted by atomic mass is 32.1. The molecule has 1 fully saturated rings. The van der Waals surface area contributed by atoms with Crippen molar-refractivity contribution < 1.29 is 14.0 Å². The summed E-state index contributed by atoms with van der Waals surface area (Å²) in [5, 5.41) is 5.95. The Morgan fingerprint density at radius 2 is 1.90 bits per heavy atom. The van der Waals surface area contributed by atoms with Crippen LogP contribution in [0.4, 0.5) is 14.9 Å². The fraction of sp³-hybridized carbons (Fsp3) is 0.476. The number of aromatic nitrogens is 1. The smallest absolute Gasteiger partial charge is 0.317 e. The largest absolute Gasteiger partial charge is 0.366 e. The van der Waals surface area contributed by atoms with Crippen molar-refractivity contribution in [2.45, 2.75) is 39.7 Å². The number of nitrogens with zero attached hydrogens (tertiary/aromatic N) is 3. The molecule has 0 bridgehead atoms. The number of halogens is 1. The van der Waals surface area contributed by atoms with Crippen LogP contribution in [-0.2, 0) is 12.0 Å². The Morgan fingerprint density at radius 1 is 1.21 bits per heavy atom. The molecule has 0 aliphatic carbocycles. The Labute approximate surface area is 174 Å². The van der Waals surface area contributed by atoms with E-state index in [1.54, 1.807) is 28.4 Å². The van der Waals surface area contributed by atoms with Gasteiger partial charge in [0.1, 0.15) is 5.82 Å². The van der Waals surface area contributed by atoms with Crippen LogP contribution in [0.2, 0.25) is 0 Å². The van der Waals surface area contributed by atoms with Crippen LogP contribution in [0.5, 0.6) is 0 Å². The van der Waals surface area contributed by atoms with E-state index in [-0.39, 0.29) is 17.2 Å². The lowest BCUT2D eigenvalue weighted by molar-refractivity contribution is 0.101. The molecule has 0 unspecified atom stereocenters. The molecule has 0 radical (unpaired) electrons. The summed E-state index contributed by atoms with van der Waals surface area (Å²) in [7, 11) is 0. The number of carbonyl (C=O) groups is 2. The maximum absolute atomic E-state index is 14.4. The first-order valence-electron chi connectivity index (χ1n) is 9.68. The van der Waals surface area contributed by atoms with Crippen LogP contribution in [-0.4, -0.2) is 47.9 Å². The monoisotopic (exact) mass is 418 g/mol. The Bertz CT molecular complexity index is 898. The number of piperazine rings is 1. The van der Waals surface area contributed by atoms with Crippen LogP contribution in [0.15, 0.2) is 23.6 Å². The van der Waals surface area contributed by atoms with Gasteiger partial charge in [0, 0.05) is 42.5 Å². The number of ketones is 1. The quantitative estimate of drug-likeness (QED) is 0.767. The van der Waals surface area contributed by atoms with E-state index in [9.17, 15) is 14.0 Å². The van der Waals surface area contributed by atoms with E-state index >= 15 is 0 Å². The number of benzene rings is 1. The van der Waals surface area contributed by atoms with Gasteiger partial charge in [-0.25, -0.2) is 14.2 Å². The maximum Gasteiger partial charge on any atom is 0.317 e. The zero-order valence-electron chi connectivity index (χ0n) is 17.3. The number of nitrogens with one attached hydrogen (secondary N) is 1. The molecule has 1 aromatic carbocycles. The molecule has 1 saturated heterocycles. The van der Waals surface area contributed by atoms with Crippen LogP contribution in [0.1, 0.15) is 48.8 Å². The van der Waals surface area contributed by atoms with Gasteiger partial charge in [-0.2, -0.15) is 0 Å². The number of Topliss-reactive ketones (excluding diaryl/α,β-unsaturated/α-hetero) is 1. The molecule has 156 valence electrons. The van der Waals surface area contributed by atoms with Crippen LogP contribution < -0.4 is 10.2 Å². The number of rotatable bonds is 4. The number of urea groups is 1. The zero-order chi connectivity index (χ0) is 21.2. The number of anilines is 1. The van der Waals surface area contributed by atoms with E-state index in [1.165, 1.54) is 13.0 Å². The van der Waals surface area contributed by atoms with E-state index in [0.29, 0.717) is 44.0 Å². The van der Waals surface area contributed by atoms with Crippen molar-refractivity contribution in [3.05, 3.63) is 45.7 Å². The van der Waals surface area contributed by atoms with E-state index in [4.69, 9.17) is 0 Å². The molecule has 0 spiro atoms. The highest BCUT2D eigenvalue weighted by Gasteiger charge is 2.23. The van der Waals surface area contributed by atoms with Crippen molar-refractivity contribution in [1.82, 2.24) is 15.2 Å². The molecule has 8 heteroatoms. The fourth-order valence-electron chi connectivity index (χ4n) is 3.14. The van der Waals surface area contributed by atoms with Crippen LogP contribution in [0.3, 0.4) is 0 Å². The second-order valence-corrected chi connectivity index (χ2v) is 9.11.